The number of hydrogen-bond acceptors (Lipinski definition) is 4. The van der Waals surface area contributed by atoms with Crippen LogP contribution in [-0.2, 0) is 4.79 Å². The monoisotopic (exact) mass is 321 g/mol. The average molecular weight is 321 g/mol. The molecule has 0 aliphatic carbocycles. The van der Waals surface area contributed by atoms with Crippen LogP contribution in [0.5, 0.6) is 0 Å². The van der Waals surface area contributed by atoms with E-state index in [-0.39, 0.29) is 6.54 Å². The lowest BCUT2D eigenvalue weighted by Crippen LogP contribution is -2.61. The fraction of sp³-hybridized carbons (Fsp3) is 0.300. The van der Waals surface area contributed by atoms with Crippen LogP contribution in [-0.4, -0.2) is 30.8 Å². The molecule has 2 aromatic rings. The zero-order valence-electron chi connectivity index (χ0n) is 14.1. The van der Waals surface area contributed by atoms with E-state index < -0.39 is 5.66 Å². The van der Waals surface area contributed by atoms with Gasteiger partial charge in [0.2, 0.25) is 0 Å². The van der Waals surface area contributed by atoms with Crippen molar-refractivity contribution in [2.24, 2.45) is 16.6 Å². The molecule has 2 N–H and O–H groups in total. The molecule has 1 aliphatic rings. The molecule has 0 fully saturated rings. The van der Waals surface area contributed by atoms with Crippen LogP contribution >= 0.6 is 0 Å². The van der Waals surface area contributed by atoms with Crippen molar-refractivity contribution in [1.29, 1.82) is 0 Å². The summed E-state index contributed by atoms with van der Waals surface area (Å²) in [5.41, 5.74) is 9.22. The number of aliphatic imine (C=N–C) groups is 1. The second-order valence-corrected chi connectivity index (χ2v) is 6.66. The van der Waals surface area contributed by atoms with E-state index in [9.17, 15) is 4.79 Å². The molecule has 0 radical (unpaired) electrons. The van der Waals surface area contributed by atoms with Gasteiger partial charge in [-0.25, -0.2) is 0 Å². The van der Waals surface area contributed by atoms with Gasteiger partial charge >= 0.3 is 0 Å². The van der Waals surface area contributed by atoms with Crippen LogP contribution in [0.2, 0.25) is 0 Å². The van der Waals surface area contributed by atoms with E-state index in [0.29, 0.717) is 12.5 Å². The minimum absolute atomic E-state index is 0.238. The topological polar surface area (TPSA) is 58.7 Å². The fourth-order valence-electron chi connectivity index (χ4n) is 3.09. The third kappa shape index (κ3) is 2.97. The molecule has 0 saturated heterocycles. The quantitative estimate of drug-likeness (QED) is 0.881. The second-order valence-electron chi connectivity index (χ2n) is 6.66. The molecule has 4 heteroatoms. The molecule has 0 saturated carbocycles. The summed E-state index contributed by atoms with van der Waals surface area (Å²) in [6.07, 6.45) is 0.823. The molecule has 0 spiro atoms. The van der Waals surface area contributed by atoms with Crippen molar-refractivity contribution < 1.29 is 4.79 Å². The van der Waals surface area contributed by atoms with Crippen molar-refractivity contribution in [3.63, 3.8) is 0 Å². The van der Waals surface area contributed by atoms with Gasteiger partial charge in [-0.2, -0.15) is 0 Å². The lowest BCUT2D eigenvalue weighted by atomic mass is 9.99. The van der Waals surface area contributed by atoms with Crippen LogP contribution in [0.15, 0.2) is 59.6 Å². The first kappa shape index (κ1) is 16.4. The molecule has 0 bridgehead atoms. The molecule has 3 rings (SSSR count). The number of fused-ring (bicyclic) bond motifs is 1. The first-order chi connectivity index (χ1) is 11.5. The van der Waals surface area contributed by atoms with E-state index in [1.54, 1.807) is 0 Å². The molecule has 1 unspecified atom stereocenters. The highest BCUT2D eigenvalue weighted by Crippen LogP contribution is 2.31. The van der Waals surface area contributed by atoms with E-state index >= 15 is 0 Å². The Morgan fingerprint density at radius 2 is 1.83 bits per heavy atom. The minimum Gasteiger partial charge on any atom is -0.345 e. The van der Waals surface area contributed by atoms with Crippen molar-refractivity contribution in [2.45, 2.75) is 19.5 Å². The zero-order chi connectivity index (χ0) is 17.2. The van der Waals surface area contributed by atoms with Crippen molar-refractivity contribution in [3.8, 4) is 0 Å². The summed E-state index contributed by atoms with van der Waals surface area (Å²) in [7, 11) is 0. The van der Waals surface area contributed by atoms with Gasteiger partial charge < -0.3 is 10.6 Å². The molecule has 0 amide bonds. The summed E-state index contributed by atoms with van der Waals surface area (Å²) in [5.74, 6) is 0.374. The smallest absolute Gasteiger partial charge is 0.165 e. The molecule has 4 nitrogen and oxygen atoms in total. The van der Waals surface area contributed by atoms with Gasteiger partial charge in [0.25, 0.3) is 0 Å². The fourth-order valence-corrected chi connectivity index (χ4v) is 3.09. The Hall–Kier alpha value is -2.46. The Kier molecular flexibility index (Phi) is 4.49. The van der Waals surface area contributed by atoms with Crippen molar-refractivity contribution in [3.05, 3.63) is 65.7 Å². The van der Waals surface area contributed by atoms with Crippen molar-refractivity contribution in [1.82, 2.24) is 0 Å². The standard InChI is InChI=1S/C20H23N3O/c1-15(2)12-23-18-11-7-6-10-17(18)19(16-8-4-3-5-9-16)22-13-20(23,21)14-24/h3-11,14-15H,12-13,21H2,1-2H3. The Morgan fingerprint density at radius 1 is 1.17 bits per heavy atom. The largest absolute Gasteiger partial charge is 0.345 e. The number of benzene rings is 2. The van der Waals surface area contributed by atoms with Crippen LogP contribution in [0, 0.1) is 5.92 Å². The van der Waals surface area contributed by atoms with Gasteiger partial charge in [0.15, 0.2) is 11.9 Å². The number of nitrogens with zero attached hydrogens (tertiary/aromatic N) is 2. The van der Waals surface area contributed by atoms with Gasteiger partial charge in [0.1, 0.15) is 0 Å². The molecule has 1 atom stereocenters. The Morgan fingerprint density at radius 3 is 2.50 bits per heavy atom. The van der Waals surface area contributed by atoms with Gasteiger partial charge in [-0.3, -0.25) is 9.79 Å². The molecule has 2 aromatic carbocycles. The number of aldehydes is 1. The highest BCUT2D eigenvalue weighted by molar-refractivity contribution is 6.16. The number of carbonyl (C=O) groups is 1. The predicted octanol–water partition coefficient (Wildman–Crippen LogP) is 2.85. The van der Waals surface area contributed by atoms with Gasteiger partial charge in [-0.05, 0) is 12.0 Å². The van der Waals surface area contributed by atoms with E-state index in [1.165, 1.54) is 0 Å². The first-order valence-electron chi connectivity index (χ1n) is 8.27. The number of carbonyl (C=O) groups excluding carboxylic acids is 1. The van der Waals surface area contributed by atoms with Crippen LogP contribution in [0.4, 0.5) is 5.69 Å². The third-order valence-corrected chi connectivity index (χ3v) is 4.24. The van der Waals surface area contributed by atoms with Gasteiger partial charge in [0.05, 0.1) is 12.3 Å². The summed E-state index contributed by atoms with van der Waals surface area (Å²) in [6.45, 7) is 5.18. The number of rotatable bonds is 4. The maximum Gasteiger partial charge on any atom is 0.165 e. The number of nitrogens with two attached hydrogens (primary N) is 1. The third-order valence-electron chi connectivity index (χ3n) is 4.24. The Labute approximate surface area is 143 Å². The van der Waals surface area contributed by atoms with Gasteiger partial charge in [-0.15, -0.1) is 0 Å². The Balaban J connectivity index is 2.19. The number of anilines is 1. The van der Waals surface area contributed by atoms with Gasteiger partial charge in [-0.1, -0.05) is 62.4 Å². The molecular formula is C20H23N3O. The molecule has 1 heterocycles. The molecule has 124 valence electrons. The summed E-state index contributed by atoms with van der Waals surface area (Å²) in [5, 5.41) is 0. The number of para-hydroxylation sites is 1. The maximum absolute atomic E-state index is 11.8. The van der Waals surface area contributed by atoms with Crippen LogP contribution in [0.1, 0.15) is 25.0 Å². The van der Waals surface area contributed by atoms with Crippen LogP contribution in [0.3, 0.4) is 0 Å². The SMILES string of the molecule is CC(C)CN1c2ccccc2C(c2ccccc2)=NCC1(N)C=O. The van der Waals surface area contributed by atoms with Gasteiger partial charge in [0, 0.05) is 23.4 Å². The lowest BCUT2D eigenvalue weighted by molar-refractivity contribution is -0.112. The summed E-state index contributed by atoms with van der Waals surface area (Å²) >= 11 is 0. The van der Waals surface area contributed by atoms with Crippen molar-refractivity contribution >= 4 is 17.7 Å². The van der Waals surface area contributed by atoms with Crippen LogP contribution in [0.25, 0.3) is 0 Å². The molecule has 1 aliphatic heterocycles. The number of hydrogen-bond donors (Lipinski definition) is 1. The normalized spacial score (nSPS) is 20.3. The van der Waals surface area contributed by atoms with E-state index in [0.717, 1.165) is 28.8 Å². The minimum atomic E-state index is -1.13. The van der Waals surface area contributed by atoms with E-state index in [2.05, 4.69) is 13.8 Å². The molecule has 0 aromatic heterocycles. The van der Waals surface area contributed by atoms with Crippen LogP contribution < -0.4 is 10.6 Å². The Bertz CT molecular complexity index is 754. The van der Waals surface area contributed by atoms with Crippen molar-refractivity contribution in [2.75, 3.05) is 18.0 Å². The maximum atomic E-state index is 11.8. The summed E-state index contributed by atoms with van der Waals surface area (Å²) < 4.78 is 0. The summed E-state index contributed by atoms with van der Waals surface area (Å²) in [6, 6.07) is 18.1. The highest BCUT2D eigenvalue weighted by atomic mass is 16.1. The second kappa shape index (κ2) is 6.57. The highest BCUT2D eigenvalue weighted by Gasteiger charge is 2.37. The number of benzodiazepines with no additional fused rings is 1. The zero-order valence-corrected chi connectivity index (χ0v) is 14.1. The predicted molar refractivity (Wildman–Crippen MR) is 98.6 cm³/mol. The lowest BCUT2D eigenvalue weighted by Gasteiger charge is -2.38. The molecule has 24 heavy (non-hydrogen) atoms. The first-order valence-corrected chi connectivity index (χ1v) is 8.27. The van der Waals surface area contributed by atoms with E-state index in [4.69, 9.17) is 10.7 Å². The van der Waals surface area contributed by atoms with E-state index in [1.807, 2.05) is 59.5 Å². The summed E-state index contributed by atoms with van der Waals surface area (Å²) in [4.78, 5) is 18.6. The average Bonchev–Trinajstić information content (AvgIpc) is 2.72. The molecular weight excluding hydrogens is 298 g/mol.